The van der Waals surface area contributed by atoms with Crippen molar-refractivity contribution in [2.75, 3.05) is 32.1 Å². The van der Waals surface area contributed by atoms with Crippen LogP contribution in [0.5, 0.6) is 0 Å². The number of benzene rings is 1. The lowest BCUT2D eigenvalue weighted by molar-refractivity contribution is 0.198. The van der Waals surface area contributed by atoms with E-state index in [-0.39, 0.29) is 5.82 Å². The third kappa shape index (κ3) is 3.25. The molecule has 4 heteroatoms. The Morgan fingerprint density at radius 3 is 2.84 bits per heavy atom. The largest absolute Gasteiger partial charge is 0.389 e. The summed E-state index contributed by atoms with van der Waals surface area (Å²) in [6.07, 6.45) is 1.66. The summed E-state index contributed by atoms with van der Waals surface area (Å²) in [5.41, 5.74) is 1.59. The molecule has 1 heterocycles. The van der Waals surface area contributed by atoms with Gasteiger partial charge in [0.05, 0.1) is 6.10 Å². The van der Waals surface area contributed by atoms with E-state index >= 15 is 0 Å². The van der Waals surface area contributed by atoms with Crippen molar-refractivity contribution in [3.05, 3.63) is 29.6 Å². The Morgan fingerprint density at radius 1 is 1.47 bits per heavy atom. The molecule has 2 unspecified atom stereocenters. The van der Waals surface area contributed by atoms with Crippen LogP contribution in [0.4, 0.5) is 10.1 Å². The lowest BCUT2D eigenvalue weighted by Crippen LogP contribution is -2.45. The SMILES string of the molecule is CC(O)c1cc(F)ccc1N(C)C1CCCN(C)C1. The first-order valence-electron chi connectivity index (χ1n) is 6.88. The molecule has 1 aliphatic heterocycles. The van der Waals surface area contributed by atoms with Gasteiger partial charge in [0, 0.05) is 30.9 Å². The smallest absolute Gasteiger partial charge is 0.123 e. The molecule has 0 amide bonds. The van der Waals surface area contributed by atoms with Gasteiger partial charge in [-0.15, -0.1) is 0 Å². The van der Waals surface area contributed by atoms with Gasteiger partial charge in [-0.05, 0) is 51.6 Å². The molecule has 0 spiro atoms. The molecule has 0 saturated carbocycles. The first-order valence-corrected chi connectivity index (χ1v) is 6.88. The van der Waals surface area contributed by atoms with E-state index in [0.717, 1.165) is 25.2 Å². The monoisotopic (exact) mass is 266 g/mol. The van der Waals surface area contributed by atoms with Crippen molar-refractivity contribution in [2.45, 2.75) is 31.9 Å². The van der Waals surface area contributed by atoms with Crippen LogP contribution < -0.4 is 4.90 Å². The number of hydrogen-bond acceptors (Lipinski definition) is 3. The highest BCUT2D eigenvalue weighted by atomic mass is 19.1. The van der Waals surface area contributed by atoms with Crippen LogP contribution in [0, 0.1) is 5.82 Å². The van der Waals surface area contributed by atoms with Crippen molar-refractivity contribution in [3.63, 3.8) is 0 Å². The Bertz CT molecular complexity index is 436. The highest BCUT2D eigenvalue weighted by Crippen LogP contribution is 2.29. The molecule has 0 aliphatic carbocycles. The summed E-state index contributed by atoms with van der Waals surface area (Å²) in [5, 5.41) is 9.82. The maximum atomic E-state index is 13.3. The van der Waals surface area contributed by atoms with E-state index in [0.29, 0.717) is 11.6 Å². The van der Waals surface area contributed by atoms with Gasteiger partial charge in [0.15, 0.2) is 0 Å². The van der Waals surface area contributed by atoms with Gasteiger partial charge < -0.3 is 14.9 Å². The zero-order valence-electron chi connectivity index (χ0n) is 11.9. The van der Waals surface area contributed by atoms with E-state index in [1.807, 2.05) is 7.05 Å². The minimum absolute atomic E-state index is 0.297. The second-order valence-electron chi connectivity index (χ2n) is 5.55. The first kappa shape index (κ1) is 14.3. The second-order valence-corrected chi connectivity index (χ2v) is 5.55. The van der Waals surface area contributed by atoms with Crippen molar-refractivity contribution in [3.8, 4) is 0 Å². The summed E-state index contributed by atoms with van der Waals surface area (Å²) in [6.45, 7) is 3.82. The Labute approximate surface area is 114 Å². The lowest BCUT2D eigenvalue weighted by atomic mass is 10.0. The van der Waals surface area contributed by atoms with Gasteiger partial charge >= 0.3 is 0 Å². The maximum Gasteiger partial charge on any atom is 0.123 e. The first-order chi connectivity index (χ1) is 8.99. The van der Waals surface area contributed by atoms with E-state index in [1.54, 1.807) is 13.0 Å². The van der Waals surface area contributed by atoms with Crippen LogP contribution in [0.3, 0.4) is 0 Å². The lowest BCUT2D eigenvalue weighted by Gasteiger charge is -2.38. The molecule has 1 N–H and O–H groups in total. The van der Waals surface area contributed by atoms with E-state index in [4.69, 9.17) is 0 Å². The fraction of sp³-hybridized carbons (Fsp3) is 0.600. The molecular formula is C15H23FN2O. The average Bonchev–Trinajstić information content (AvgIpc) is 2.37. The van der Waals surface area contributed by atoms with Gasteiger partial charge in [-0.25, -0.2) is 4.39 Å². The van der Waals surface area contributed by atoms with Gasteiger partial charge in [-0.1, -0.05) is 0 Å². The minimum Gasteiger partial charge on any atom is -0.389 e. The van der Waals surface area contributed by atoms with Crippen LogP contribution in [-0.2, 0) is 0 Å². The van der Waals surface area contributed by atoms with Crippen LogP contribution in [0.1, 0.15) is 31.4 Å². The zero-order chi connectivity index (χ0) is 14.0. The van der Waals surface area contributed by atoms with Crippen LogP contribution >= 0.6 is 0 Å². The summed E-state index contributed by atoms with van der Waals surface area (Å²) in [5.74, 6) is -0.297. The minimum atomic E-state index is -0.658. The Balaban J connectivity index is 2.25. The van der Waals surface area contributed by atoms with Gasteiger partial charge in [-0.2, -0.15) is 0 Å². The van der Waals surface area contributed by atoms with E-state index in [2.05, 4.69) is 16.8 Å². The number of aliphatic hydroxyl groups is 1. The quantitative estimate of drug-likeness (QED) is 0.910. The molecule has 0 aromatic heterocycles. The fourth-order valence-electron chi connectivity index (χ4n) is 2.83. The molecule has 1 aliphatic rings. The molecule has 0 bridgehead atoms. The summed E-state index contributed by atoms with van der Waals surface area (Å²) in [4.78, 5) is 4.49. The highest BCUT2D eigenvalue weighted by Gasteiger charge is 2.23. The van der Waals surface area contributed by atoms with E-state index in [9.17, 15) is 9.50 Å². The number of likely N-dealkylation sites (N-methyl/N-ethyl adjacent to an activating group) is 2. The molecule has 1 aromatic carbocycles. The van der Waals surface area contributed by atoms with Crippen molar-refractivity contribution >= 4 is 5.69 Å². The van der Waals surface area contributed by atoms with Crippen LogP contribution in [0.25, 0.3) is 0 Å². The van der Waals surface area contributed by atoms with E-state index in [1.165, 1.54) is 18.6 Å². The number of piperidine rings is 1. The Hall–Kier alpha value is -1.13. The van der Waals surface area contributed by atoms with Crippen LogP contribution in [0.15, 0.2) is 18.2 Å². The summed E-state index contributed by atoms with van der Waals surface area (Å²) in [7, 11) is 4.16. The van der Waals surface area contributed by atoms with Gasteiger partial charge in [-0.3, -0.25) is 0 Å². The number of likely N-dealkylation sites (tertiary alicyclic amines) is 1. The molecule has 1 aromatic rings. The summed E-state index contributed by atoms with van der Waals surface area (Å²) in [6, 6.07) is 5.08. The molecule has 3 nitrogen and oxygen atoms in total. The Morgan fingerprint density at radius 2 is 2.21 bits per heavy atom. The molecule has 106 valence electrons. The van der Waals surface area contributed by atoms with Gasteiger partial charge in [0.2, 0.25) is 0 Å². The molecule has 19 heavy (non-hydrogen) atoms. The predicted molar refractivity (Wildman–Crippen MR) is 76.0 cm³/mol. The predicted octanol–water partition coefficient (Wildman–Crippen LogP) is 2.41. The standard InChI is InChI=1S/C15H23FN2O/c1-11(19)14-9-12(16)6-7-15(14)18(3)13-5-4-8-17(2)10-13/h6-7,9,11,13,19H,4-5,8,10H2,1-3H3. The van der Waals surface area contributed by atoms with Crippen molar-refractivity contribution < 1.29 is 9.50 Å². The van der Waals surface area contributed by atoms with Crippen molar-refractivity contribution in [1.82, 2.24) is 4.90 Å². The summed E-state index contributed by atoms with van der Waals surface area (Å²) >= 11 is 0. The maximum absolute atomic E-state index is 13.3. The normalized spacial score (nSPS) is 22.3. The van der Waals surface area contributed by atoms with Gasteiger partial charge in [0.25, 0.3) is 0 Å². The number of halogens is 1. The second kappa shape index (κ2) is 5.88. The third-order valence-electron chi connectivity index (χ3n) is 3.97. The number of nitrogens with zero attached hydrogens (tertiary/aromatic N) is 2. The number of anilines is 1. The topological polar surface area (TPSA) is 26.7 Å². The highest BCUT2D eigenvalue weighted by molar-refractivity contribution is 5.55. The molecular weight excluding hydrogens is 243 g/mol. The zero-order valence-corrected chi connectivity index (χ0v) is 11.9. The molecule has 2 rings (SSSR count). The average molecular weight is 266 g/mol. The van der Waals surface area contributed by atoms with Crippen molar-refractivity contribution in [1.29, 1.82) is 0 Å². The van der Waals surface area contributed by atoms with Crippen molar-refractivity contribution in [2.24, 2.45) is 0 Å². The Kier molecular flexibility index (Phi) is 4.42. The molecule has 2 atom stereocenters. The number of hydrogen-bond donors (Lipinski definition) is 1. The van der Waals surface area contributed by atoms with Gasteiger partial charge in [0.1, 0.15) is 5.82 Å². The van der Waals surface area contributed by atoms with E-state index < -0.39 is 6.10 Å². The number of rotatable bonds is 3. The molecule has 1 fully saturated rings. The summed E-state index contributed by atoms with van der Waals surface area (Å²) < 4.78 is 13.3. The number of aliphatic hydroxyl groups excluding tert-OH is 1. The third-order valence-corrected chi connectivity index (χ3v) is 3.97. The molecule has 1 saturated heterocycles. The fourth-order valence-corrected chi connectivity index (χ4v) is 2.83. The van der Waals surface area contributed by atoms with Crippen LogP contribution in [0.2, 0.25) is 0 Å². The van der Waals surface area contributed by atoms with Crippen LogP contribution in [-0.4, -0.2) is 43.2 Å². The molecule has 0 radical (unpaired) electrons.